The molecule has 0 saturated carbocycles. The predicted octanol–water partition coefficient (Wildman–Crippen LogP) is 12.5. The summed E-state index contributed by atoms with van der Waals surface area (Å²) in [5.41, 5.74) is 13.3. The lowest BCUT2D eigenvalue weighted by atomic mass is 9.82. The minimum atomic E-state index is -0.0778. The van der Waals surface area contributed by atoms with Gasteiger partial charge in [-0.05, 0) is 95.1 Å². The zero-order chi connectivity index (χ0) is 31.3. The molecule has 0 amide bonds. The van der Waals surface area contributed by atoms with Gasteiger partial charge >= 0.3 is 0 Å². The third-order valence-corrected chi connectivity index (χ3v) is 12.8. The Bertz CT molecular complexity index is 2370. The van der Waals surface area contributed by atoms with E-state index in [1.54, 1.807) is 22.7 Å². The molecule has 3 heterocycles. The van der Waals surface area contributed by atoms with E-state index in [1.165, 1.54) is 58.5 Å². The van der Waals surface area contributed by atoms with Gasteiger partial charge in [-0.2, -0.15) is 0 Å². The van der Waals surface area contributed by atoms with Crippen LogP contribution in [0.3, 0.4) is 0 Å². The molecular formula is C41H27N3S3. The Hall–Kier alpha value is -4.75. The Morgan fingerprint density at radius 2 is 1.09 bits per heavy atom. The molecule has 2 aromatic heterocycles. The standard InChI is InChI=1S/C41H27N3S3/c1-41(2)29-10-4-3-9-27(29)28-18-17-26(23-30(28)41)44-33-19-15-24(39-42-31-11-5-7-13-35(31)46-39)21-37(33)45-38-22-25(16-20-34(38)44)40-43-32-12-6-8-14-36(32)47-40/h3-23H,1-2H3. The van der Waals surface area contributed by atoms with Gasteiger partial charge in [0.15, 0.2) is 0 Å². The largest absolute Gasteiger partial charge is 0.308 e. The average molecular weight is 658 g/mol. The minimum Gasteiger partial charge on any atom is -0.308 e. The molecule has 224 valence electrons. The second-order valence-electron chi connectivity index (χ2n) is 12.7. The number of hydrogen-bond donors (Lipinski definition) is 0. The van der Waals surface area contributed by atoms with Crippen molar-refractivity contribution in [3.63, 3.8) is 0 Å². The SMILES string of the molecule is CC1(C)c2ccccc2-c2ccc(N3c4ccc(-c5nc6ccccc6s5)cc4Sc4cc(-c5nc6ccccc6s5)ccc43)cc21. The fourth-order valence-corrected chi connectivity index (χ4v) is 10.2. The van der Waals surface area contributed by atoms with Crippen LogP contribution in [0.15, 0.2) is 137 Å². The van der Waals surface area contributed by atoms with Crippen molar-refractivity contribution in [1.82, 2.24) is 9.97 Å². The van der Waals surface area contributed by atoms with E-state index in [9.17, 15) is 0 Å². The quantitative estimate of drug-likeness (QED) is 0.189. The maximum atomic E-state index is 4.99. The zero-order valence-corrected chi connectivity index (χ0v) is 28.1. The first-order valence-corrected chi connectivity index (χ1v) is 18.2. The van der Waals surface area contributed by atoms with Gasteiger partial charge < -0.3 is 4.90 Å². The number of fused-ring (bicyclic) bond motifs is 7. The summed E-state index contributed by atoms with van der Waals surface area (Å²) in [6, 6.07) is 46.3. The second kappa shape index (κ2) is 10.1. The van der Waals surface area contributed by atoms with Gasteiger partial charge in [0.05, 0.1) is 31.8 Å². The summed E-state index contributed by atoms with van der Waals surface area (Å²) in [6.07, 6.45) is 0. The average Bonchev–Trinajstić information content (AvgIpc) is 3.80. The number of thiazole rings is 2. The smallest absolute Gasteiger partial charge is 0.124 e. The van der Waals surface area contributed by atoms with Gasteiger partial charge in [0.2, 0.25) is 0 Å². The summed E-state index contributed by atoms with van der Waals surface area (Å²) in [5, 5.41) is 2.10. The van der Waals surface area contributed by atoms with Crippen LogP contribution in [-0.2, 0) is 5.41 Å². The molecule has 0 unspecified atom stereocenters. The van der Waals surface area contributed by atoms with E-state index in [0.717, 1.165) is 32.2 Å². The monoisotopic (exact) mass is 657 g/mol. The Balaban J connectivity index is 1.14. The molecule has 0 spiro atoms. The molecule has 0 radical (unpaired) electrons. The maximum Gasteiger partial charge on any atom is 0.124 e. The molecule has 0 atom stereocenters. The van der Waals surface area contributed by atoms with E-state index >= 15 is 0 Å². The molecule has 3 nitrogen and oxygen atoms in total. The van der Waals surface area contributed by atoms with E-state index in [4.69, 9.17) is 9.97 Å². The lowest BCUT2D eigenvalue weighted by molar-refractivity contribution is 0.660. The van der Waals surface area contributed by atoms with Gasteiger partial charge in [0, 0.05) is 32.0 Å². The van der Waals surface area contributed by atoms with Gasteiger partial charge in [-0.15, -0.1) is 22.7 Å². The normalized spacial score (nSPS) is 14.2. The van der Waals surface area contributed by atoms with E-state index in [1.807, 2.05) is 11.8 Å². The molecule has 6 heteroatoms. The van der Waals surface area contributed by atoms with E-state index in [-0.39, 0.29) is 5.41 Å². The fraction of sp³-hybridized carbons (Fsp3) is 0.0732. The first-order valence-electron chi connectivity index (χ1n) is 15.7. The second-order valence-corrected chi connectivity index (χ2v) is 15.8. The number of nitrogens with zero attached hydrogens (tertiary/aromatic N) is 3. The maximum absolute atomic E-state index is 4.99. The van der Waals surface area contributed by atoms with Crippen LogP contribution in [0.1, 0.15) is 25.0 Å². The predicted molar refractivity (Wildman–Crippen MR) is 200 cm³/mol. The molecule has 8 aromatic rings. The third-order valence-electron chi connectivity index (χ3n) is 9.53. The van der Waals surface area contributed by atoms with Crippen LogP contribution >= 0.6 is 34.4 Å². The first kappa shape index (κ1) is 27.4. The van der Waals surface area contributed by atoms with Gasteiger partial charge in [-0.25, -0.2) is 9.97 Å². The topological polar surface area (TPSA) is 29.0 Å². The van der Waals surface area contributed by atoms with Crippen molar-refractivity contribution in [2.24, 2.45) is 0 Å². The Kier molecular flexibility index (Phi) is 5.90. The summed E-state index contributed by atoms with van der Waals surface area (Å²) in [5.74, 6) is 0. The Labute approximate surface area is 285 Å². The Morgan fingerprint density at radius 1 is 0.532 bits per heavy atom. The van der Waals surface area contributed by atoms with E-state index in [2.05, 4.69) is 146 Å². The van der Waals surface area contributed by atoms with E-state index < -0.39 is 0 Å². The molecular weight excluding hydrogens is 631 g/mol. The first-order chi connectivity index (χ1) is 23.0. The third kappa shape index (κ3) is 4.18. The van der Waals surface area contributed by atoms with Crippen LogP contribution in [0.2, 0.25) is 0 Å². The summed E-state index contributed by atoms with van der Waals surface area (Å²) in [7, 11) is 0. The van der Waals surface area contributed by atoms with Crippen LogP contribution in [-0.4, -0.2) is 9.97 Å². The van der Waals surface area contributed by atoms with Crippen molar-refractivity contribution in [1.29, 1.82) is 0 Å². The molecule has 0 fully saturated rings. The Morgan fingerprint density at radius 3 is 1.70 bits per heavy atom. The van der Waals surface area contributed by atoms with Crippen LogP contribution in [0.25, 0.3) is 52.7 Å². The minimum absolute atomic E-state index is 0.0778. The molecule has 0 N–H and O–H groups in total. The van der Waals surface area contributed by atoms with Gasteiger partial charge in [0.1, 0.15) is 10.0 Å². The number of anilines is 3. The summed E-state index contributed by atoms with van der Waals surface area (Å²) in [4.78, 5) is 14.9. The molecule has 2 aliphatic rings. The van der Waals surface area contributed by atoms with Gasteiger partial charge in [-0.3, -0.25) is 0 Å². The van der Waals surface area contributed by atoms with Crippen molar-refractivity contribution in [2.45, 2.75) is 29.1 Å². The lowest BCUT2D eigenvalue weighted by Gasteiger charge is -2.34. The number of benzene rings is 6. The molecule has 47 heavy (non-hydrogen) atoms. The lowest BCUT2D eigenvalue weighted by Crippen LogP contribution is -2.18. The van der Waals surface area contributed by atoms with Crippen molar-refractivity contribution in [3.05, 3.63) is 139 Å². The zero-order valence-electron chi connectivity index (χ0n) is 25.7. The molecule has 1 aliphatic heterocycles. The number of hydrogen-bond acceptors (Lipinski definition) is 6. The number of para-hydroxylation sites is 2. The highest BCUT2D eigenvalue weighted by molar-refractivity contribution is 7.99. The highest BCUT2D eigenvalue weighted by Crippen LogP contribution is 2.56. The van der Waals surface area contributed by atoms with Crippen molar-refractivity contribution in [3.8, 4) is 32.3 Å². The molecule has 0 saturated heterocycles. The number of aromatic nitrogens is 2. The van der Waals surface area contributed by atoms with Crippen LogP contribution in [0.4, 0.5) is 17.1 Å². The highest BCUT2D eigenvalue weighted by atomic mass is 32.2. The molecule has 10 rings (SSSR count). The van der Waals surface area contributed by atoms with Crippen LogP contribution in [0.5, 0.6) is 0 Å². The van der Waals surface area contributed by atoms with Crippen molar-refractivity contribution < 1.29 is 0 Å². The molecule has 0 bridgehead atoms. The van der Waals surface area contributed by atoms with Gasteiger partial charge in [-0.1, -0.05) is 80.2 Å². The van der Waals surface area contributed by atoms with Crippen LogP contribution in [0, 0.1) is 0 Å². The summed E-state index contributed by atoms with van der Waals surface area (Å²) >= 11 is 5.34. The summed E-state index contributed by atoms with van der Waals surface area (Å²) in [6.45, 7) is 4.70. The highest BCUT2D eigenvalue weighted by Gasteiger charge is 2.36. The molecule has 6 aromatic carbocycles. The summed E-state index contributed by atoms with van der Waals surface area (Å²) < 4.78 is 2.42. The van der Waals surface area contributed by atoms with Crippen LogP contribution < -0.4 is 4.90 Å². The van der Waals surface area contributed by atoms with Crippen molar-refractivity contribution in [2.75, 3.05) is 4.90 Å². The fourth-order valence-electron chi connectivity index (χ4n) is 7.18. The molecule has 1 aliphatic carbocycles. The number of rotatable bonds is 3. The van der Waals surface area contributed by atoms with E-state index in [0.29, 0.717) is 0 Å². The van der Waals surface area contributed by atoms with Crippen molar-refractivity contribution >= 4 is 71.9 Å². The van der Waals surface area contributed by atoms with Gasteiger partial charge in [0.25, 0.3) is 0 Å².